The van der Waals surface area contributed by atoms with E-state index in [9.17, 15) is 14.7 Å². The summed E-state index contributed by atoms with van der Waals surface area (Å²) in [6, 6.07) is 0. The van der Waals surface area contributed by atoms with Gasteiger partial charge < -0.3 is 19.1 Å². The molecule has 0 aliphatic rings. The van der Waals surface area contributed by atoms with Crippen LogP contribution in [0.2, 0.25) is 0 Å². The topological polar surface area (TPSA) is 66.4 Å². The Kier molecular flexibility index (Phi) is 22.3. The number of carbonyl (C=O) groups is 2. The predicted molar refractivity (Wildman–Crippen MR) is 150 cm³/mol. The average molecular weight is 512 g/mol. The van der Waals surface area contributed by atoms with E-state index < -0.39 is 12.1 Å². The molecule has 5 nitrogen and oxygen atoms in total. The maximum atomic E-state index is 12.1. The minimum absolute atomic E-state index is 0.236. The molecule has 36 heavy (non-hydrogen) atoms. The maximum Gasteiger partial charge on any atom is 0.306 e. The fraction of sp³-hybridized carbons (Fsp3) is 0.935. The van der Waals surface area contributed by atoms with E-state index in [1.165, 1.54) is 103 Å². The lowest BCUT2D eigenvalue weighted by atomic mass is 9.96. The highest BCUT2D eigenvalue weighted by atomic mass is 16.5. The first-order valence-corrected chi connectivity index (χ1v) is 15.3. The lowest BCUT2D eigenvalue weighted by Crippen LogP contribution is -2.45. The van der Waals surface area contributed by atoms with Crippen LogP contribution in [-0.2, 0) is 14.3 Å². The van der Waals surface area contributed by atoms with Crippen LogP contribution in [0, 0.1) is 5.92 Å². The number of quaternary nitrogens is 1. The highest BCUT2D eigenvalue weighted by Gasteiger charge is 2.22. The Bertz CT molecular complexity index is 529. The van der Waals surface area contributed by atoms with Crippen molar-refractivity contribution >= 4 is 11.9 Å². The number of hydrogen-bond donors (Lipinski definition) is 0. The van der Waals surface area contributed by atoms with Gasteiger partial charge in [-0.05, 0) is 12.3 Å². The summed E-state index contributed by atoms with van der Waals surface area (Å²) in [4.78, 5) is 23.0. The second-order valence-electron chi connectivity index (χ2n) is 12.3. The van der Waals surface area contributed by atoms with E-state index in [1.807, 2.05) is 21.1 Å². The molecule has 214 valence electrons. The molecule has 0 amide bonds. The van der Waals surface area contributed by atoms with Crippen LogP contribution in [0.4, 0.5) is 0 Å². The van der Waals surface area contributed by atoms with Gasteiger partial charge in [0.15, 0.2) is 6.10 Å². The predicted octanol–water partition coefficient (Wildman–Crippen LogP) is 7.20. The zero-order valence-electron chi connectivity index (χ0n) is 24.8. The van der Waals surface area contributed by atoms with Gasteiger partial charge in [-0.3, -0.25) is 4.79 Å². The monoisotopic (exact) mass is 511 g/mol. The SMILES string of the molecule is CCCCCCC(C)CCCCCCCCCCCCCCCC(=O)OC(CC(=O)[O-])C[N+](C)(C)C. The summed E-state index contributed by atoms with van der Waals surface area (Å²) in [5.41, 5.74) is 0. The summed E-state index contributed by atoms with van der Waals surface area (Å²) in [6.07, 6.45) is 24.6. The normalized spacial score (nSPS) is 13.5. The Morgan fingerprint density at radius 1 is 0.694 bits per heavy atom. The lowest BCUT2D eigenvalue weighted by Gasteiger charge is -2.29. The standard InChI is InChI=1S/C31H61NO4/c1-6-7-8-20-23-28(2)24-21-18-16-14-12-10-9-11-13-15-17-19-22-25-31(35)36-29(26-30(33)34)27-32(3,4)5/h28-29H,6-27H2,1-5H3. The summed E-state index contributed by atoms with van der Waals surface area (Å²) >= 11 is 0. The van der Waals surface area contributed by atoms with Crippen LogP contribution in [0.3, 0.4) is 0 Å². The molecular formula is C31H61NO4. The van der Waals surface area contributed by atoms with Gasteiger partial charge in [-0.15, -0.1) is 0 Å². The van der Waals surface area contributed by atoms with Gasteiger partial charge in [0.25, 0.3) is 0 Å². The smallest absolute Gasteiger partial charge is 0.306 e. The Morgan fingerprint density at radius 2 is 1.11 bits per heavy atom. The third kappa shape index (κ3) is 26.0. The molecule has 0 aliphatic carbocycles. The largest absolute Gasteiger partial charge is 0.550 e. The third-order valence-corrected chi connectivity index (χ3v) is 7.07. The number of unbranched alkanes of at least 4 members (excludes halogenated alkanes) is 15. The molecule has 0 saturated heterocycles. The summed E-state index contributed by atoms with van der Waals surface area (Å²) in [5, 5.41) is 10.9. The number of aliphatic carboxylic acids is 1. The molecular weight excluding hydrogens is 450 g/mol. The zero-order valence-corrected chi connectivity index (χ0v) is 24.8. The van der Waals surface area contributed by atoms with E-state index in [2.05, 4.69) is 13.8 Å². The molecule has 5 heteroatoms. The number of carboxylic acids is 1. The fourth-order valence-corrected chi connectivity index (χ4v) is 4.96. The van der Waals surface area contributed by atoms with Crippen LogP contribution < -0.4 is 5.11 Å². The van der Waals surface area contributed by atoms with Crippen molar-refractivity contribution in [1.82, 2.24) is 0 Å². The molecule has 0 N–H and O–H groups in total. The number of esters is 1. The molecule has 0 heterocycles. The van der Waals surface area contributed by atoms with Crippen molar-refractivity contribution in [3.8, 4) is 0 Å². The fourth-order valence-electron chi connectivity index (χ4n) is 4.96. The Balaban J connectivity index is 3.49. The van der Waals surface area contributed by atoms with E-state index in [1.54, 1.807) is 0 Å². The van der Waals surface area contributed by atoms with Gasteiger partial charge in [-0.25, -0.2) is 0 Å². The van der Waals surface area contributed by atoms with Gasteiger partial charge in [-0.2, -0.15) is 0 Å². The molecule has 0 aliphatic heterocycles. The summed E-state index contributed by atoms with van der Waals surface area (Å²) in [5.74, 6) is -0.538. The first-order chi connectivity index (χ1) is 17.1. The van der Waals surface area contributed by atoms with Crippen molar-refractivity contribution in [2.24, 2.45) is 5.92 Å². The number of ether oxygens (including phenoxy) is 1. The van der Waals surface area contributed by atoms with Gasteiger partial charge in [-0.1, -0.05) is 129 Å². The number of carbonyl (C=O) groups excluding carboxylic acids is 2. The first kappa shape index (κ1) is 34.9. The number of rotatable bonds is 26. The van der Waals surface area contributed by atoms with Crippen molar-refractivity contribution < 1.29 is 23.9 Å². The molecule has 0 saturated carbocycles. The average Bonchev–Trinajstić information content (AvgIpc) is 2.77. The highest BCUT2D eigenvalue weighted by molar-refractivity contribution is 5.70. The zero-order chi connectivity index (χ0) is 27.1. The van der Waals surface area contributed by atoms with Crippen molar-refractivity contribution in [3.63, 3.8) is 0 Å². The van der Waals surface area contributed by atoms with E-state index in [-0.39, 0.29) is 12.4 Å². The minimum Gasteiger partial charge on any atom is -0.550 e. The van der Waals surface area contributed by atoms with Crippen LogP contribution in [0.25, 0.3) is 0 Å². The van der Waals surface area contributed by atoms with Crippen LogP contribution >= 0.6 is 0 Å². The Hall–Kier alpha value is -1.10. The molecule has 0 radical (unpaired) electrons. The van der Waals surface area contributed by atoms with Crippen LogP contribution in [0.1, 0.15) is 149 Å². The number of likely N-dealkylation sites (N-methyl/N-ethyl adjacent to an activating group) is 1. The summed E-state index contributed by atoms with van der Waals surface area (Å²) in [7, 11) is 5.86. The number of carboxylic acid groups (broad SMARTS) is 1. The van der Waals surface area contributed by atoms with Crippen molar-refractivity contribution in [3.05, 3.63) is 0 Å². The van der Waals surface area contributed by atoms with E-state index in [4.69, 9.17) is 4.74 Å². The highest BCUT2D eigenvalue weighted by Crippen LogP contribution is 2.18. The molecule has 0 spiro atoms. The molecule has 0 aromatic rings. The quantitative estimate of drug-likeness (QED) is 0.0699. The van der Waals surface area contributed by atoms with Crippen LogP contribution in [0.15, 0.2) is 0 Å². The molecule has 0 aromatic heterocycles. The summed E-state index contributed by atoms with van der Waals surface area (Å²) in [6.45, 7) is 5.19. The van der Waals surface area contributed by atoms with Gasteiger partial charge >= 0.3 is 5.97 Å². The third-order valence-electron chi connectivity index (χ3n) is 7.07. The van der Waals surface area contributed by atoms with E-state index in [0.29, 0.717) is 17.4 Å². The van der Waals surface area contributed by atoms with E-state index in [0.717, 1.165) is 25.2 Å². The Morgan fingerprint density at radius 3 is 1.53 bits per heavy atom. The van der Waals surface area contributed by atoms with Crippen molar-refractivity contribution in [1.29, 1.82) is 0 Å². The lowest BCUT2D eigenvalue weighted by molar-refractivity contribution is -0.873. The van der Waals surface area contributed by atoms with Crippen molar-refractivity contribution in [2.45, 2.75) is 155 Å². The second kappa shape index (κ2) is 23.0. The van der Waals surface area contributed by atoms with E-state index >= 15 is 0 Å². The van der Waals surface area contributed by atoms with Crippen molar-refractivity contribution in [2.75, 3.05) is 27.7 Å². The molecule has 2 atom stereocenters. The number of nitrogens with zero attached hydrogens (tertiary/aromatic N) is 1. The molecule has 0 aromatic carbocycles. The van der Waals surface area contributed by atoms with Crippen LogP contribution in [0.5, 0.6) is 0 Å². The maximum absolute atomic E-state index is 12.1. The van der Waals surface area contributed by atoms with Gasteiger partial charge in [0.2, 0.25) is 0 Å². The summed E-state index contributed by atoms with van der Waals surface area (Å²) < 4.78 is 5.95. The second-order valence-corrected chi connectivity index (χ2v) is 12.3. The molecule has 0 fully saturated rings. The van der Waals surface area contributed by atoms with Crippen LogP contribution in [-0.4, -0.2) is 50.2 Å². The van der Waals surface area contributed by atoms with Gasteiger partial charge in [0, 0.05) is 18.8 Å². The molecule has 0 bridgehead atoms. The molecule has 0 rings (SSSR count). The first-order valence-electron chi connectivity index (χ1n) is 15.3. The number of hydrogen-bond acceptors (Lipinski definition) is 4. The Labute approximate surface area is 224 Å². The van der Waals surface area contributed by atoms with Gasteiger partial charge in [0.1, 0.15) is 6.54 Å². The molecule has 2 unspecified atom stereocenters. The minimum atomic E-state index is -1.17. The van der Waals surface area contributed by atoms with Gasteiger partial charge in [0.05, 0.1) is 21.1 Å².